The average molecular weight is 473 g/mol. The van der Waals surface area contributed by atoms with Crippen molar-refractivity contribution >= 4 is 11.7 Å². The van der Waals surface area contributed by atoms with Crippen molar-refractivity contribution in [2.24, 2.45) is 0 Å². The molecule has 0 aromatic carbocycles. The van der Waals surface area contributed by atoms with Crippen LogP contribution in [0.5, 0.6) is 0 Å². The number of hydrogen-bond donors (Lipinski definition) is 0. The number of pyridine rings is 1. The van der Waals surface area contributed by atoms with E-state index in [2.05, 4.69) is 14.8 Å². The van der Waals surface area contributed by atoms with Gasteiger partial charge in [0, 0.05) is 78.2 Å². The lowest BCUT2D eigenvalue weighted by atomic mass is 9.86. The molecule has 2 aliphatic heterocycles. The van der Waals surface area contributed by atoms with E-state index in [1.165, 1.54) is 17.0 Å². The number of ether oxygens (including phenoxy) is 2. The van der Waals surface area contributed by atoms with E-state index in [1.54, 1.807) is 14.0 Å². The molecule has 1 amide bonds. The van der Waals surface area contributed by atoms with Gasteiger partial charge in [0.2, 0.25) is 5.91 Å². The molecule has 0 bridgehead atoms. The third kappa shape index (κ3) is 6.65. The Hall–Kier alpha value is -1.75. The quantitative estimate of drug-likeness (QED) is 0.515. The molecule has 3 heterocycles. The van der Waals surface area contributed by atoms with E-state index in [9.17, 15) is 18.0 Å². The van der Waals surface area contributed by atoms with Crippen LogP contribution in [-0.2, 0) is 20.4 Å². The van der Waals surface area contributed by atoms with Gasteiger partial charge < -0.3 is 14.4 Å². The lowest BCUT2D eigenvalue weighted by Crippen LogP contribution is -2.63. The number of methoxy groups -OCH3 is 1. The van der Waals surface area contributed by atoms with Gasteiger partial charge in [0.25, 0.3) is 0 Å². The Labute approximate surface area is 193 Å². The van der Waals surface area contributed by atoms with Crippen LogP contribution in [0.1, 0.15) is 38.3 Å². The predicted molar refractivity (Wildman–Crippen MR) is 119 cm³/mol. The zero-order chi connectivity index (χ0) is 23.9. The number of alkyl halides is 3. The smallest absolute Gasteiger partial charge is 0.385 e. The standard InChI is InChI=1S/C23H35F3N4O3/c1-3-21(31)30(20-7-4-6-19(27-20)23(24,25)26)18-22(8-16-33-17-9-22)29-13-11-28(12-14-29)10-5-15-32-2/h4,6-7H,3,5,8-18H2,1-2H3. The normalized spacial score (nSPS) is 20.0. The maximum absolute atomic E-state index is 13.3. The molecule has 0 atom stereocenters. The molecular formula is C23H35F3N4O3. The minimum absolute atomic E-state index is 0.0562. The van der Waals surface area contributed by atoms with Gasteiger partial charge in [-0.2, -0.15) is 13.2 Å². The third-order valence-electron chi connectivity index (χ3n) is 6.65. The van der Waals surface area contributed by atoms with Gasteiger partial charge in [-0.15, -0.1) is 0 Å². The lowest BCUT2D eigenvalue weighted by Gasteiger charge is -2.51. The van der Waals surface area contributed by atoms with Crippen LogP contribution in [0.4, 0.5) is 19.0 Å². The first-order valence-corrected chi connectivity index (χ1v) is 11.7. The van der Waals surface area contributed by atoms with Gasteiger partial charge in [-0.1, -0.05) is 13.0 Å². The molecule has 1 aromatic rings. The molecule has 0 aliphatic carbocycles. The molecule has 2 aliphatic rings. The number of piperazine rings is 1. The first-order valence-electron chi connectivity index (χ1n) is 11.7. The van der Waals surface area contributed by atoms with E-state index in [0.29, 0.717) is 19.8 Å². The van der Waals surface area contributed by atoms with Gasteiger partial charge in [0.15, 0.2) is 0 Å². The highest BCUT2D eigenvalue weighted by atomic mass is 19.4. The van der Waals surface area contributed by atoms with Crippen molar-refractivity contribution in [3.63, 3.8) is 0 Å². The Bertz CT molecular complexity index is 764. The molecule has 0 radical (unpaired) electrons. The van der Waals surface area contributed by atoms with Crippen LogP contribution < -0.4 is 4.90 Å². The van der Waals surface area contributed by atoms with Crippen LogP contribution in [0.25, 0.3) is 0 Å². The monoisotopic (exact) mass is 472 g/mol. The Morgan fingerprint density at radius 1 is 1.21 bits per heavy atom. The van der Waals surface area contributed by atoms with Gasteiger partial charge in [0.1, 0.15) is 11.5 Å². The van der Waals surface area contributed by atoms with Crippen molar-refractivity contribution in [1.29, 1.82) is 0 Å². The van der Waals surface area contributed by atoms with Crippen LogP contribution in [0, 0.1) is 0 Å². The molecule has 2 fully saturated rings. The summed E-state index contributed by atoms with van der Waals surface area (Å²) in [5, 5.41) is 0. The highest BCUT2D eigenvalue weighted by molar-refractivity contribution is 5.92. The molecule has 3 rings (SSSR count). The minimum Gasteiger partial charge on any atom is -0.385 e. The van der Waals surface area contributed by atoms with E-state index < -0.39 is 11.9 Å². The summed E-state index contributed by atoms with van der Waals surface area (Å²) in [6, 6.07) is 3.74. The van der Waals surface area contributed by atoms with Crippen LogP contribution in [0.15, 0.2) is 18.2 Å². The van der Waals surface area contributed by atoms with Crippen molar-refractivity contribution in [2.45, 2.75) is 44.3 Å². The van der Waals surface area contributed by atoms with E-state index in [1.807, 2.05) is 0 Å². The number of aromatic nitrogens is 1. The molecule has 0 N–H and O–H groups in total. The summed E-state index contributed by atoms with van der Waals surface area (Å²) >= 11 is 0. The number of amides is 1. The summed E-state index contributed by atoms with van der Waals surface area (Å²) in [5.74, 6) is -0.174. The number of halogens is 3. The lowest BCUT2D eigenvalue weighted by molar-refractivity contribution is -0.141. The number of carbonyl (C=O) groups is 1. The molecule has 0 saturated carbocycles. The third-order valence-corrected chi connectivity index (χ3v) is 6.65. The zero-order valence-electron chi connectivity index (χ0n) is 19.6. The Morgan fingerprint density at radius 3 is 2.52 bits per heavy atom. The van der Waals surface area contributed by atoms with Crippen molar-refractivity contribution in [3.05, 3.63) is 23.9 Å². The first kappa shape index (κ1) is 25.9. The average Bonchev–Trinajstić information content (AvgIpc) is 2.83. The van der Waals surface area contributed by atoms with Crippen LogP contribution in [0.2, 0.25) is 0 Å². The number of hydrogen-bond acceptors (Lipinski definition) is 6. The largest absolute Gasteiger partial charge is 0.433 e. The number of carbonyl (C=O) groups excluding carboxylic acids is 1. The predicted octanol–water partition coefficient (Wildman–Crippen LogP) is 3.05. The molecule has 33 heavy (non-hydrogen) atoms. The van der Waals surface area contributed by atoms with Gasteiger partial charge in [-0.25, -0.2) is 4.98 Å². The summed E-state index contributed by atoms with van der Waals surface area (Å²) in [6.07, 6.45) is -1.94. The fourth-order valence-electron chi connectivity index (χ4n) is 4.72. The van der Waals surface area contributed by atoms with Crippen LogP contribution in [-0.4, -0.2) is 92.4 Å². The fourth-order valence-corrected chi connectivity index (χ4v) is 4.72. The Morgan fingerprint density at radius 2 is 1.91 bits per heavy atom. The van der Waals surface area contributed by atoms with Gasteiger partial charge in [-0.05, 0) is 31.4 Å². The number of rotatable bonds is 9. The van der Waals surface area contributed by atoms with Crippen LogP contribution >= 0.6 is 0 Å². The maximum atomic E-state index is 13.3. The molecule has 186 valence electrons. The minimum atomic E-state index is -4.56. The van der Waals surface area contributed by atoms with Crippen molar-refractivity contribution in [1.82, 2.24) is 14.8 Å². The first-order chi connectivity index (χ1) is 15.8. The summed E-state index contributed by atoms with van der Waals surface area (Å²) in [5.41, 5.74) is -1.34. The zero-order valence-corrected chi connectivity index (χ0v) is 19.6. The molecule has 2 saturated heterocycles. The molecule has 10 heteroatoms. The van der Waals surface area contributed by atoms with Gasteiger partial charge in [0.05, 0.1) is 0 Å². The van der Waals surface area contributed by atoms with Crippen molar-refractivity contribution in [3.8, 4) is 0 Å². The highest BCUT2D eigenvalue weighted by Crippen LogP contribution is 2.33. The second-order valence-corrected chi connectivity index (χ2v) is 8.72. The van der Waals surface area contributed by atoms with Gasteiger partial charge >= 0.3 is 6.18 Å². The SMILES string of the molecule is CCC(=O)N(CC1(N2CCN(CCCOC)CC2)CCOCC1)c1cccc(C(F)(F)F)n1. The molecule has 7 nitrogen and oxygen atoms in total. The van der Waals surface area contributed by atoms with E-state index in [0.717, 1.165) is 64.7 Å². The molecule has 0 spiro atoms. The van der Waals surface area contributed by atoms with E-state index >= 15 is 0 Å². The Kier molecular flexibility index (Phi) is 9.09. The number of nitrogens with zero attached hydrogens (tertiary/aromatic N) is 4. The van der Waals surface area contributed by atoms with Crippen molar-refractivity contribution in [2.75, 3.05) is 71.1 Å². The molecule has 1 aromatic heterocycles. The van der Waals surface area contributed by atoms with Gasteiger partial charge in [-0.3, -0.25) is 14.6 Å². The highest BCUT2D eigenvalue weighted by Gasteiger charge is 2.43. The summed E-state index contributed by atoms with van der Waals surface area (Å²) in [7, 11) is 1.70. The van der Waals surface area contributed by atoms with E-state index in [4.69, 9.17) is 9.47 Å². The van der Waals surface area contributed by atoms with E-state index in [-0.39, 0.29) is 23.7 Å². The van der Waals surface area contributed by atoms with Crippen molar-refractivity contribution < 1.29 is 27.4 Å². The summed E-state index contributed by atoms with van der Waals surface area (Å²) in [6.45, 7) is 8.39. The fraction of sp³-hybridized carbons (Fsp3) is 0.739. The molecule has 0 unspecified atom stereocenters. The Balaban J connectivity index is 1.80. The second kappa shape index (κ2) is 11.6. The topological polar surface area (TPSA) is 58.1 Å². The molecular weight excluding hydrogens is 437 g/mol. The second-order valence-electron chi connectivity index (χ2n) is 8.72. The summed E-state index contributed by atoms with van der Waals surface area (Å²) < 4.78 is 50.6. The number of anilines is 1. The van der Waals surface area contributed by atoms with Crippen LogP contribution in [0.3, 0.4) is 0 Å². The summed E-state index contributed by atoms with van der Waals surface area (Å²) in [4.78, 5) is 23.0. The maximum Gasteiger partial charge on any atom is 0.433 e.